The molecule has 1 spiro atoms. The fraction of sp³-hybridized carbons (Fsp3) is 0.800. The van der Waals surface area contributed by atoms with E-state index in [2.05, 4.69) is 12.2 Å². The van der Waals surface area contributed by atoms with E-state index in [1.807, 2.05) is 0 Å². The van der Waals surface area contributed by atoms with Gasteiger partial charge < -0.3 is 4.74 Å². The average molecular weight is 197 g/mol. The lowest BCUT2D eigenvalue weighted by Crippen LogP contribution is -2.50. The van der Waals surface area contributed by atoms with Crippen LogP contribution in [0.3, 0.4) is 0 Å². The Kier molecular flexibility index (Phi) is 2.31. The molecule has 14 heavy (non-hydrogen) atoms. The van der Waals surface area contributed by atoms with E-state index in [-0.39, 0.29) is 17.2 Å². The third kappa shape index (κ3) is 1.54. The Morgan fingerprint density at radius 2 is 2.00 bits per heavy atom. The summed E-state index contributed by atoms with van der Waals surface area (Å²) in [5, 5.41) is 2.35. The van der Waals surface area contributed by atoms with Crippen molar-refractivity contribution in [3.8, 4) is 0 Å². The predicted octanol–water partition coefficient (Wildman–Crippen LogP) is 0.466. The first kappa shape index (κ1) is 9.65. The summed E-state index contributed by atoms with van der Waals surface area (Å²) >= 11 is 0. The van der Waals surface area contributed by atoms with Crippen molar-refractivity contribution in [3.63, 3.8) is 0 Å². The molecule has 2 aliphatic rings. The van der Waals surface area contributed by atoms with E-state index in [1.54, 1.807) is 0 Å². The van der Waals surface area contributed by atoms with Crippen LogP contribution in [0.25, 0.3) is 0 Å². The highest BCUT2D eigenvalue weighted by atomic mass is 16.5. The summed E-state index contributed by atoms with van der Waals surface area (Å²) in [6.07, 6.45) is 1.78. The zero-order chi connectivity index (χ0) is 10.2. The predicted molar refractivity (Wildman–Crippen MR) is 49.4 cm³/mol. The van der Waals surface area contributed by atoms with Crippen molar-refractivity contribution < 1.29 is 14.3 Å². The van der Waals surface area contributed by atoms with Gasteiger partial charge in [-0.2, -0.15) is 0 Å². The number of imide groups is 1. The number of ether oxygens (including phenoxy) is 1. The first-order valence-electron chi connectivity index (χ1n) is 5.03. The van der Waals surface area contributed by atoms with Crippen LogP contribution in [0.2, 0.25) is 0 Å². The van der Waals surface area contributed by atoms with Crippen LogP contribution in [0, 0.1) is 11.3 Å². The van der Waals surface area contributed by atoms with Crippen LogP contribution in [0.15, 0.2) is 0 Å². The van der Waals surface area contributed by atoms with Gasteiger partial charge in [-0.15, -0.1) is 0 Å². The fourth-order valence-electron chi connectivity index (χ4n) is 2.43. The monoisotopic (exact) mass is 197 g/mol. The third-order valence-electron chi connectivity index (χ3n) is 3.46. The molecule has 1 atom stereocenters. The smallest absolute Gasteiger partial charge is 0.227 e. The van der Waals surface area contributed by atoms with Crippen LogP contribution in [-0.2, 0) is 14.3 Å². The molecule has 0 aromatic heterocycles. The van der Waals surface area contributed by atoms with E-state index in [1.165, 1.54) is 0 Å². The number of carbonyl (C=O) groups is 2. The molecular weight excluding hydrogens is 182 g/mol. The zero-order valence-corrected chi connectivity index (χ0v) is 8.34. The molecule has 0 aliphatic carbocycles. The minimum Gasteiger partial charge on any atom is -0.381 e. The average Bonchev–Trinajstić information content (AvgIpc) is 2.08. The van der Waals surface area contributed by atoms with Gasteiger partial charge in [-0.3, -0.25) is 14.9 Å². The summed E-state index contributed by atoms with van der Waals surface area (Å²) in [6.45, 7) is 3.40. The molecule has 2 aliphatic heterocycles. The molecule has 1 unspecified atom stereocenters. The number of nitrogens with one attached hydrogen (secondary N) is 1. The van der Waals surface area contributed by atoms with Gasteiger partial charge >= 0.3 is 0 Å². The molecule has 2 rings (SSSR count). The minimum atomic E-state index is -0.130. The van der Waals surface area contributed by atoms with Crippen molar-refractivity contribution in [3.05, 3.63) is 0 Å². The second-order valence-corrected chi connectivity index (χ2v) is 4.41. The molecule has 4 nitrogen and oxygen atoms in total. The molecule has 4 heteroatoms. The van der Waals surface area contributed by atoms with Gasteiger partial charge in [0.05, 0.1) is 0 Å². The minimum absolute atomic E-state index is 0.127. The highest BCUT2D eigenvalue weighted by molar-refractivity contribution is 5.98. The SMILES string of the molecule is CC1COCCC12CC(=O)NC(=O)C2. The maximum absolute atomic E-state index is 11.3. The maximum atomic E-state index is 11.3. The van der Waals surface area contributed by atoms with Gasteiger partial charge in [0.2, 0.25) is 11.8 Å². The Morgan fingerprint density at radius 3 is 2.57 bits per heavy atom. The molecule has 0 aromatic rings. The van der Waals surface area contributed by atoms with Crippen molar-refractivity contribution in [1.82, 2.24) is 5.32 Å². The van der Waals surface area contributed by atoms with Gasteiger partial charge in [0.15, 0.2) is 0 Å². The molecule has 1 N–H and O–H groups in total. The first-order valence-corrected chi connectivity index (χ1v) is 5.03. The van der Waals surface area contributed by atoms with Gasteiger partial charge in [0.1, 0.15) is 0 Å². The lowest BCUT2D eigenvalue weighted by Gasteiger charge is -2.43. The van der Waals surface area contributed by atoms with Gasteiger partial charge in [-0.05, 0) is 17.8 Å². The quantitative estimate of drug-likeness (QED) is 0.574. The van der Waals surface area contributed by atoms with Crippen LogP contribution >= 0.6 is 0 Å². The zero-order valence-electron chi connectivity index (χ0n) is 8.34. The molecule has 2 saturated heterocycles. The molecule has 0 bridgehead atoms. The van der Waals surface area contributed by atoms with E-state index in [0.717, 1.165) is 6.42 Å². The summed E-state index contributed by atoms with van der Waals surface area (Å²) < 4.78 is 5.34. The Bertz CT molecular complexity index is 259. The van der Waals surface area contributed by atoms with Gasteiger partial charge in [0, 0.05) is 26.1 Å². The summed E-state index contributed by atoms with van der Waals surface area (Å²) in [4.78, 5) is 22.6. The number of carbonyl (C=O) groups excluding carboxylic acids is 2. The van der Waals surface area contributed by atoms with E-state index in [4.69, 9.17) is 4.74 Å². The molecule has 2 heterocycles. The highest BCUT2D eigenvalue weighted by Crippen LogP contribution is 2.43. The Labute approximate surface area is 83.0 Å². The van der Waals surface area contributed by atoms with Crippen molar-refractivity contribution in [2.24, 2.45) is 11.3 Å². The molecule has 0 saturated carbocycles. The largest absolute Gasteiger partial charge is 0.381 e. The van der Waals surface area contributed by atoms with E-state index < -0.39 is 0 Å². The second kappa shape index (κ2) is 3.35. The Hall–Kier alpha value is -0.900. The van der Waals surface area contributed by atoms with Crippen molar-refractivity contribution in [1.29, 1.82) is 0 Å². The van der Waals surface area contributed by atoms with Crippen LogP contribution in [0.4, 0.5) is 0 Å². The maximum Gasteiger partial charge on any atom is 0.227 e. The summed E-state index contributed by atoms with van der Waals surface area (Å²) in [5.74, 6) is 0.0382. The lowest BCUT2D eigenvalue weighted by molar-refractivity contribution is -0.144. The molecule has 0 radical (unpaired) electrons. The molecule has 78 valence electrons. The van der Waals surface area contributed by atoms with Crippen LogP contribution in [0.1, 0.15) is 26.2 Å². The first-order chi connectivity index (χ1) is 6.62. The summed E-state index contributed by atoms with van der Waals surface area (Å²) in [7, 11) is 0. The number of amides is 2. The van der Waals surface area contributed by atoms with Gasteiger partial charge in [-0.1, -0.05) is 6.92 Å². The van der Waals surface area contributed by atoms with Crippen molar-refractivity contribution in [2.75, 3.05) is 13.2 Å². The van der Waals surface area contributed by atoms with Crippen molar-refractivity contribution in [2.45, 2.75) is 26.2 Å². The van der Waals surface area contributed by atoms with Crippen LogP contribution < -0.4 is 5.32 Å². The second-order valence-electron chi connectivity index (χ2n) is 4.41. The lowest BCUT2D eigenvalue weighted by atomic mass is 9.66. The number of piperidine rings is 1. The molecule has 2 fully saturated rings. The molecular formula is C10H15NO3. The highest BCUT2D eigenvalue weighted by Gasteiger charge is 2.45. The Balaban J connectivity index is 2.19. The summed E-state index contributed by atoms with van der Waals surface area (Å²) in [5.41, 5.74) is -0.127. The number of rotatable bonds is 0. The summed E-state index contributed by atoms with van der Waals surface area (Å²) in [6, 6.07) is 0. The molecule has 2 amide bonds. The third-order valence-corrected chi connectivity index (χ3v) is 3.46. The van der Waals surface area contributed by atoms with Crippen LogP contribution in [0.5, 0.6) is 0 Å². The van der Waals surface area contributed by atoms with Gasteiger partial charge in [-0.25, -0.2) is 0 Å². The Morgan fingerprint density at radius 1 is 1.36 bits per heavy atom. The molecule has 0 aromatic carbocycles. The van der Waals surface area contributed by atoms with Crippen molar-refractivity contribution >= 4 is 11.8 Å². The van der Waals surface area contributed by atoms with E-state index in [0.29, 0.717) is 32.0 Å². The fourth-order valence-corrected chi connectivity index (χ4v) is 2.43. The number of hydrogen-bond donors (Lipinski definition) is 1. The standard InChI is InChI=1S/C10H15NO3/c1-7-6-14-3-2-10(7)4-8(12)11-9(13)5-10/h7H,2-6H2,1H3,(H,11,12,13). The van der Waals surface area contributed by atoms with E-state index in [9.17, 15) is 9.59 Å². The number of hydrogen-bond acceptors (Lipinski definition) is 3. The normalized spacial score (nSPS) is 31.6. The van der Waals surface area contributed by atoms with Gasteiger partial charge in [0.25, 0.3) is 0 Å². The van der Waals surface area contributed by atoms with E-state index >= 15 is 0 Å². The topological polar surface area (TPSA) is 55.4 Å². The van der Waals surface area contributed by atoms with Crippen LogP contribution in [-0.4, -0.2) is 25.0 Å².